The molecule has 1 aromatic heterocycles. The molecule has 1 unspecified atom stereocenters. The first-order valence-electron chi connectivity index (χ1n) is 9.69. The van der Waals surface area contributed by atoms with E-state index in [2.05, 4.69) is 15.5 Å². The fourth-order valence-electron chi connectivity index (χ4n) is 3.15. The molecule has 0 saturated carbocycles. The number of hydrogen-bond acceptors (Lipinski definition) is 8. The summed E-state index contributed by atoms with van der Waals surface area (Å²) in [4.78, 5) is 26.3. The number of hydrogen-bond donors (Lipinski definition) is 1. The van der Waals surface area contributed by atoms with Crippen LogP contribution in [-0.4, -0.2) is 58.2 Å². The van der Waals surface area contributed by atoms with Gasteiger partial charge in [0.15, 0.2) is 5.16 Å². The minimum atomic E-state index is -0.507. The molecule has 1 N–H and O–H groups in total. The van der Waals surface area contributed by atoms with Crippen molar-refractivity contribution < 1.29 is 14.5 Å². The monoisotopic (exact) mass is 456 g/mol. The van der Waals surface area contributed by atoms with Crippen LogP contribution in [0.5, 0.6) is 5.75 Å². The van der Waals surface area contributed by atoms with Crippen molar-refractivity contribution in [1.82, 2.24) is 25.0 Å². The Kier molecular flexibility index (Phi) is 7.44. The van der Waals surface area contributed by atoms with E-state index in [0.717, 1.165) is 23.1 Å². The molecule has 0 saturated heterocycles. The van der Waals surface area contributed by atoms with Gasteiger partial charge in [0, 0.05) is 30.8 Å². The van der Waals surface area contributed by atoms with E-state index in [0.29, 0.717) is 16.6 Å². The summed E-state index contributed by atoms with van der Waals surface area (Å²) < 4.78 is 7.11. The molecule has 1 heterocycles. The average Bonchev–Trinajstić information content (AvgIpc) is 3.18. The standard InChI is InChI=1S/C21H24N6O4S/c1-25(2)17(15-7-5-6-8-18(15)31-4)12-22-20(28)14-9-10-19(16(11-14)27(29)30)32-21-24-23-13-26(21)3/h5-11,13,17H,12H2,1-4H3,(H,22,28). The van der Waals surface area contributed by atoms with E-state index in [1.165, 1.54) is 12.4 Å². The zero-order valence-electron chi connectivity index (χ0n) is 18.2. The summed E-state index contributed by atoms with van der Waals surface area (Å²) in [5, 5.41) is 22.7. The topological polar surface area (TPSA) is 115 Å². The van der Waals surface area contributed by atoms with Gasteiger partial charge in [-0.15, -0.1) is 10.2 Å². The van der Waals surface area contributed by atoms with Gasteiger partial charge in [-0.25, -0.2) is 0 Å². The van der Waals surface area contributed by atoms with Crippen molar-refractivity contribution in [3.8, 4) is 5.75 Å². The van der Waals surface area contributed by atoms with E-state index in [1.807, 2.05) is 43.3 Å². The van der Waals surface area contributed by atoms with Gasteiger partial charge < -0.3 is 19.5 Å². The average molecular weight is 457 g/mol. The molecule has 11 heteroatoms. The Morgan fingerprint density at radius 2 is 2.06 bits per heavy atom. The molecule has 2 aromatic carbocycles. The lowest BCUT2D eigenvalue weighted by molar-refractivity contribution is -0.387. The van der Waals surface area contributed by atoms with E-state index < -0.39 is 10.8 Å². The lowest BCUT2D eigenvalue weighted by Gasteiger charge is -2.26. The number of carbonyl (C=O) groups excluding carboxylic acids is 1. The molecule has 1 amide bonds. The first-order valence-corrected chi connectivity index (χ1v) is 10.5. The van der Waals surface area contributed by atoms with E-state index in [9.17, 15) is 14.9 Å². The number of aromatic nitrogens is 3. The van der Waals surface area contributed by atoms with Crippen LogP contribution in [0.25, 0.3) is 0 Å². The molecule has 1 atom stereocenters. The van der Waals surface area contributed by atoms with Crippen LogP contribution in [-0.2, 0) is 7.05 Å². The van der Waals surface area contributed by atoms with Gasteiger partial charge in [-0.05, 0) is 44.1 Å². The number of nitro benzene ring substituents is 1. The number of aryl methyl sites for hydroxylation is 1. The third-order valence-corrected chi connectivity index (χ3v) is 5.98. The molecule has 168 valence electrons. The van der Waals surface area contributed by atoms with Crippen molar-refractivity contribution in [2.24, 2.45) is 7.05 Å². The maximum atomic E-state index is 12.8. The molecular formula is C21H24N6O4S. The zero-order chi connectivity index (χ0) is 23.3. The summed E-state index contributed by atoms with van der Waals surface area (Å²) in [6.07, 6.45) is 1.51. The molecule has 0 fully saturated rings. The number of likely N-dealkylation sites (N-methyl/N-ethyl adjacent to an activating group) is 1. The Hall–Kier alpha value is -3.44. The minimum Gasteiger partial charge on any atom is -0.496 e. The van der Waals surface area contributed by atoms with Gasteiger partial charge in [0.1, 0.15) is 12.1 Å². The molecule has 10 nitrogen and oxygen atoms in total. The Morgan fingerprint density at radius 1 is 1.31 bits per heavy atom. The predicted molar refractivity (Wildman–Crippen MR) is 120 cm³/mol. The molecule has 0 spiro atoms. The molecule has 0 aliphatic heterocycles. The summed E-state index contributed by atoms with van der Waals surface area (Å²) in [7, 11) is 7.17. The Labute approximate surface area is 189 Å². The van der Waals surface area contributed by atoms with Crippen molar-refractivity contribution >= 4 is 23.4 Å². The summed E-state index contributed by atoms with van der Waals surface area (Å²) in [5.41, 5.74) is 0.970. The molecular weight excluding hydrogens is 432 g/mol. The molecule has 0 aliphatic carbocycles. The Balaban J connectivity index is 1.78. The molecule has 0 bridgehead atoms. The van der Waals surface area contributed by atoms with Crippen LogP contribution in [0.3, 0.4) is 0 Å². The normalized spacial score (nSPS) is 11.9. The van der Waals surface area contributed by atoms with Crippen LogP contribution in [0.4, 0.5) is 5.69 Å². The third-order valence-electron chi connectivity index (χ3n) is 4.87. The SMILES string of the molecule is COc1ccccc1C(CNC(=O)c1ccc(Sc2nncn2C)c([N+](=O)[O-])c1)N(C)C. The predicted octanol–water partition coefficient (Wildman–Crippen LogP) is 2.92. The highest BCUT2D eigenvalue weighted by molar-refractivity contribution is 7.99. The number of ether oxygens (including phenoxy) is 1. The maximum Gasteiger partial charge on any atom is 0.284 e. The van der Waals surface area contributed by atoms with Crippen molar-refractivity contribution in [3.05, 3.63) is 70.0 Å². The number of benzene rings is 2. The highest BCUT2D eigenvalue weighted by atomic mass is 32.2. The van der Waals surface area contributed by atoms with Gasteiger partial charge in [0.2, 0.25) is 0 Å². The quantitative estimate of drug-likeness (QED) is 0.386. The number of rotatable bonds is 9. The lowest BCUT2D eigenvalue weighted by atomic mass is 10.0. The summed E-state index contributed by atoms with van der Waals surface area (Å²) >= 11 is 1.12. The number of nitrogens with one attached hydrogen (secondary N) is 1. The number of carbonyl (C=O) groups is 1. The fraction of sp³-hybridized carbons (Fsp3) is 0.286. The lowest BCUT2D eigenvalue weighted by Crippen LogP contribution is -2.34. The highest BCUT2D eigenvalue weighted by Gasteiger charge is 2.22. The summed E-state index contributed by atoms with van der Waals surface area (Å²) in [6, 6.07) is 11.9. The van der Waals surface area contributed by atoms with Crippen LogP contribution in [0.15, 0.2) is 58.8 Å². The van der Waals surface area contributed by atoms with Crippen molar-refractivity contribution in [1.29, 1.82) is 0 Å². The van der Waals surface area contributed by atoms with Gasteiger partial charge in [-0.3, -0.25) is 14.9 Å². The Bertz CT molecular complexity index is 1120. The van der Waals surface area contributed by atoms with Crippen LogP contribution in [0.1, 0.15) is 22.0 Å². The second-order valence-corrected chi connectivity index (χ2v) is 8.21. The van der Waals surface area contributed by atoms with Gasteiger partial charge in [-0.2, -0.15) is 0 Å². The molecule has 32 heavy (non-hydrogen) atoms. The Morgan fingerprint density at radius 3 is 2.69 bits per heavy atom. The van der Waals surface area contributed by atoms with Gasteiger partial charge >= 0.3 is 0 Å². The van der Waals surface area contributed by atoms with Crippen LogP contribution in [0.2, 0.25) is 0 Å². The molecule has 3 rings (SSSR count). The van der Waals surface area contributed by atoms with Crippen LogP contribution < -0.4 is 10.1 Å². The number of methoxy groups -OCH3 is 1. The van der Waals surface area contributed by atoms with Gasteiger partial charge in [0.25, 0.3) is 11.6 Å². The number of nitro groups is 1. The smallest absolute Gasteiger partial charge is 0.284 e. The van der Waals surface area contributed by atoms with Gasteiger partial charge in [0.05, 0.1) is 23.0 Å². The van der Waals surface area contributed by atoms with E-state index in [4.69, 9.17) is 4.74 Å². The largest absolute Gasteiger partial charge is 0.496 e. The zero-order valence-corrected chi connectivity index (χ0v) is 19.0. The number of para-hydroxylation sites is 1. The van der Waals surface area contributed by atoms with Gasteiger partial charge in [-0.1, -0.05) is 18.2 Å². The molecule has 3 aromatic rings. The first-order chi connectivity index (χ1) is 15.3. The number of amides is 1. The van der Waals surface area contributed by atoms with Crippen molar-refractivity contribution in [2.75, 3.05) is 27.7 Å². The second-order valence-electron chi connectivity index (χ2n) is 7.20. The van der Waals surface area contributed by atoms with Crippen molar-refractivity contribution in [2.45, 2.75) is 16.1 Å². The van der Waals surface area contributed by atoms with Crippen LogP contribution >= 0.6 is 11.8 Å². The molecule has 0 aliphatic rings. The van der Waals surface area contributed by atoms with Crippen LogP contribution in [0, 0.1) is 10.1 Å². The first kappa shape index (κ1) is 23.2. The maximum absolute atomic E-state index is 12.8. The highest BCUT2D eigenvalue weighted by Crippen LogP contribution is 2.34. The summed E-state index contributed by atoms with van der Waals surface area (Å²) in [5.74, 6) is 0.325. The van der Waals surface area contributed by atoms with E-state index in [1.54, 1.807) is 30.9 Å². The number of nitrogens with zero attached hydrogens (tertiary/aromatic N) is 5. The molecule has 0 radical (unpaired) electrons. The van der Waals surface area contributed by atoms with Crippen molar-refractivity contribution in [3.63, 3.8) is 0 Å². The fourth-order valence-corrected chi connectivity index (χ4v) is 4.00. The van der Waals surface area contributed by atoms with E-state index in [-0.39, 0.29) is 17.3 Å². The minimum absolute atomic E-state index is 0.143. The second kappa shape index (κ2) is 10.2. The van der Waals surface area contributed by atoms with E-state index >= 15 is 0 Å². The summed E-state index contributed by atoms with van der Waals surface area (Å²) in [6.45, 7) is 0.301. The third kappa shape index (κ3) is 5.24.